The fourth-order valence-electron chi connectivity index (χ4n) is 5.06. The van der Waals surface area contributed by atoms with Gasteiger partial charge >= 0.3 is 0 Å². The molecule has 3 nitrogen and oxygen atoms in total. The molecule has 1 heterocycles. The maximum absolute atomic E-state index is 4.97. The van der Waals surface area contributed by atoms with Gasteiger partial charge in [0, 0.05) is 30.9 Å². The first-order chi connectivity index (χ1) is 15.6. The zero-order chi connectivity index (χ0) is 23.1. The number of nitrogens with zero attached hydrogens (tertiary/aromatic N) is 2. The third-order valence-electron chi connectivity index (χ3n) is 6.51. The van der Waals surface area contributed by atoms with Gasteiger partial charge in [-0.15, -0.1) is 0 Å². The molecule has 0 bridgehead atoms. The quantitative estimate of drug-likeness (QED) is 0.496. The van der Waals surface area contributed by atoms with Crippen LogP contribution in [0.5, 0.6) is 0 Å². The van der Waals surface area contributed by atoms with Crippen molar-refractivity contribution in [1.29, 1.82) is 0 Å². The summed E-state index contributed by atoms with van der Waals surface area (Å²) in [6.45, 7) is 13.7. The number of hydrogen-bond acceptors (Lipinski definition) is 3. The molecule has 3 aliphatic rings. The number of allylic oxidation sites excluding steroid dienone is 5. The van der Waals surface area contributed by atoms with Gasteiger partial charge in [-0.2, -0.15) is 0 Å². The SMILES string of the molecule is C/C=C(\C=NCCC)C1=CN=C2C(NC3Cc4ccc(C)cc4C3)=CC(C)CC2C1.CC. The van der Waals surface area contributed by atoms with E-state index in [1.807, 2.05) is 20.1 Å². The molecule has 2 aliphatic carbocycles. The molecule has 0 saturated carbocycles. The van der Waals surface area contributed by atoms with E-state index in [0.717, 1.165) is 32.2 Å². The predicted octanol–water partition coefficient (Wildman–Crippen LogP) is 6.77. The van der Waals surface area contributed by atoms with E-state index in [4.69, 9.17) is 4.99 Å². The van der Waals surface area contributed by atoms with Crippen molar-refractivity contribution >= 4 is 11.9 Å². The van der Waals surface area contributed by atoms with Gasteiger partial charge in [0.05, 0.1) is 11.4 Å². The molecule has 4 rings (SSSR count). The van der Waals surface area contributed by atoms with Crippen LogP contribution >= 0.6 is 0 Å². The Morgan fingerprint density at radius 3 is 2.72 bits per heavy atom. The fraction of sp³-hybridized carbons (Fsp3) is 0.517. The van der Waals surface area contributed by atoms with E-state index in [-0.39, 0.29) is 0 Å². The van der Waals surface area contributed by atoms with Gasteiger partial charge in [-0.3, -0.25) is 9.98 Å². The van der Waals surface area contributed by atoms with Crippen molar-refractivity contribution in [2.24, 2.45) is 21.8 Å². The summed E-state index contributed by atoms with van der Waals surface area (Å²) in [6, 6.07) is 7.36. The predicted molar refractivity (Wildman–Crippen MR) is 140 cm³/mol. The van der Waals surface area contributed by atoms with E-state index in [2.05, 4.69) is 74.6 Å². The molecule has 0 radical (unpaired) electrons. The summed E-state index contributed by atoms with van der Waals surface area (Å²) in [4.78, 5) is 9.53. The summed E-state index contributed by atoms with van der Waals surface area (Å²) in [5.74, 6) is 1.07. The van der Waals surface area contributed by atoms with Crippen LogP contribution in [-0.4, -0.2) is 24.5 Å². The lowest BCUT2D eigenvalue weighted by Gasteiger charge is -2.33. The van der Waals surface area contributed by atoms with Crippen LogP contribution in [0.15, 0.2) is 63.4 Å². The summed E-state index contributed by atoms with van der Waals surface area (Å²) < 4.78 is 0. The molecule has 3 heteroatoms. The Morgan fingerprint density at radius 1 is 1.19 bits per heavy atom. The minimum Gasteiger partial charge on any atom is -0.380 e. The molecule has 1 aliphatic heterocycles. The van der Waals surface area contributed by atoms with Gasteiger partial charge in [0.2, 0.25) is 0 Å². The summed E-state index contributed by atoms with van der Waals surface area (Å²) in [6.07, 6.45) is 14.2. The van der Waals surface area contributed by atoms with E-state index in [0.29, 0.717) is 17.9 Å². The number of aliphatic imine (C=N–C) groups is 2. The second-order valence-corrected chi connectivity index (χ2v) is 9.16. The Morgan fingerprint density at radius 2 is 1.97 bits per heavy atom. The smallest absolute Gasteiger partial charge is 0.0666 e. The standard InChI is InChI=1S/C27H35N3.C2H6/c1-5-9-28-16-20(6-2)24-13-23-11-19(4)12-26(27(23)29-17-24)30-25-14-21-8-7-18(3)10-22(21)15-25;1-2/h6-8,10,12,16-17,19,23,25,30H,5,9,11,13-15H2,1-4H3;1-2H3/b20-6+,28-16?;. The van der Waals surface area contributed by atoms with E-state index >= 15 is 0 Å². The molecule has 0 amide bonds. The zero-order valence-electron chi connectivity index (χ0n) is 20.9. The molecular formula is C29H41N3. The monoisotopic (exact) mass is 431 g/mol. The van der Waals surface area contributed by atoms with Gasteiger partial charge in [0.25, 0.3) is 0 Å². The van der Waals surface area contributed by atoms with Crippen molar-refractivity contribution in [3.05, 3.63) is 70.1 Å². The minimum atomic E-state index is 0.472. The van der Waals surface area contributed by atoms with Crippen LogP contribution in [0.3, 0.4) is 0 Å². The molecule has 1 N–H and O–H groups in total. The second kappa shape index (κ2) is 11.4. The Balaban J connectivity index is 0.00000141. The van der Waals surface area contributed by atoms with Crippen molar-refractivity contribution in [3.63, 3.8) is 0 Å². The Bertz CT molecular complexity index is 945. The summed E-state index contributed by atoms with van der Waals surface area (Å²) in [7, 11) is 0. The van der Waals surface area contributed by atoms with Crippen molar-refractivity contribution < 1.29 is 0 Å². The van der Waals surface area contributed by atoms with Crippen molar-refractivity contribution in [2.75, 3.05) is 6.54 Å². The third-order valence-corrected chi connectivity index (χ3v) is 6.51. The molecular weight excluding hydrogens is 390 g/mol. The molecule has 0 aromatic heterocycles. The lowest BCUT2D eigenvalue weighted by Crippen LogP contribution is -2.38. The molecule has 172 valence electrons. The first kappa shape index (κ1) is 24.2. The Labute approximate surface area is 195 Å². The van der Waals surface area contributed by atoms with Gasteiger partial charge in [0.1, 0.15) is 0 Å². The Kier molecular flexibility index (Phi) is 8.67. The molecule has 0 saturated heterocycles. The molecule has 3 unspecified atom stereocenters. The van der Waals surface area contributed by atoms with Crippen LogP contribution in [-0.2, 0) is 12.8 Å². The topological polar surface area (TPSA) is 36.8 Å². The van der Waals surface area contributed by atoms with Crippen LogP contribution < -0.4 is 5.32 Å². The highest BCUT2D eigenvalue weighted by Crippen LogP contribution is 2.35. The molecule has 1 aromatic carbocycles. The lowest BCUT2D eigenvalue weighted by atomic mass is 9.78. The number of rotatable bonds is 6. The van der Waals surface area contributed by atoms with Crippen molar-refractivity contribution in [2.45, 2.75) is 79.7 Å². The third kappa shape index (κ3) is 5.68. The summed E-state index contributed by atoms with van der Waals surface area (Å²) in [5, 5.41) is 3.87. The van der Waals surface area contributed by atoms with Gasteiger partial charge in [0.15, 0.2) is 0 Å². The maximum atomic E-state index is 4.97. The van der Waals surface area contributed by atoms with Crippen molar-refractivity contribution in [3.8, 4) is 0 Å². The maximum Gasteiger partial charge on any atom is 0.0666 e. The molecule has 3 atom stereocenters. The highest BCUT2D eigenvalue weighted by Gasteiger charge is 2.32. The van der Waals surface area contributed by atoms with Crippen LogP contribution in [0.25, 0.3) is 0 Å². The van der Waals surface area contributed by atoms with Crippen LogP contribution in [0.1, 0.15) is 70.6 Å². The molecule has 1 aromatic rings. The lowest BCUT2D eigenvalue weighted by molar-refractivity contribution is 0.495. The van der Waals surface area contributed by atoms with Gasteiger partial charge in [-0.25, -0.2) is 0 Å². The largest absolute Gasteiger partial charge is 0.380 e. The minimum absolute atomic E-state index is 0.472. The van der Waals surface area contributed by atoms with Gasteiger partial charge < -0.3 is 5.32 Å². The first-order valence-electron chi connectivity index (χ1n) is 12.6. The average molecular weight is 432 g/mol. The van der Waals surface area contributed by atoms with Crippen LogP contribution in [0, 0.1) is 18.8 Å². The Hall–Kier alpha value is -2.42. The van der Waals surface area contributed by atoms with Crippen LogP contribution in [0.4, 0.5) is 0 Å². The normalized spacial score (nSPS) is 24.6. The van der Waals surface area contributed by atoms with Gasteiger partial charge in [-0.1, -0.05) is 63.6 Å². The number of aryl methyl sites for hydroxylation is 1. The summed E-state index contributed by atoms with van der Waals surface area (Å²) in [5.41, 5.74) is 9.43. The number of hydrogen-bond donors (Lipinski definition) is 1. The molecule has 0 fully saturated rings. The number of nitrogens with one attached hydrogen (secondary N) is 1. The second-order valence-electron chi connectivity index (χ2n) is 9.16. The van der Waals surface area contributed by atoms with E-state index in [1.165, 1.54) is 45.7 Å². The highest BCUT2D eigenvalue weighted by molar-refractivity contribution is 6.03. The van der Waals surface area contributed by atoms with Gasteiger partial charge in [-0.05, 0) is 74.1 Å². The summed E-state index contributed by atoms with van der Waals surface area (Å²) >= 11 is 0. The first-order valence-corrected chi connectivity index (χ1v) is 12.6. The van der Waals surface area contributed by atoms with E-state index in [1.54, 1.807) is 0 Å². The number of fused-ring (bicyclic) bond motifs is 2. The molecule has 32 heavy (non-hydrogen) atoms. The average Bonchev–Trinajstić information content (AvgIpc) is 3.19. The zero-order valence-corrected chi connectivity index (χ0v) is 20.9. The highest BCUT2D eigenvalue weighted by atomic mass is 15.0. The van der Waals surface area contributed by atoms with Crippen molar-refractivity contribution in [1.82, 2.24) is 5.32 Å². The molecule has 0 spiro atoms. The fourth-order valence-corrected chi connectivity index (χ4v) is 5.06. The van der Waals surface area contributed by atoms with Crippen LogP contribution in [0.2, 0.25) is 0 Å². The number of benzene rings is 1. The van der Waals surface area contributed by atoms with E-state index in [9.17, 15) is 0 Å². The van der Waals surface area contributed by atoms with E-state index < -0.39 is 0 Å².